The second kappa shape index (κ2) is 8.90. The third kappa shape index (κ3) is 5.87. The van der Waals surface area contributed by atoms with Gasteiger partial charge in [-0.3, -0.25) is 9.59 Å². The maximum atomic E-state index is 11.8. The van der Waals surface area contributed by atoms with Crippen LogP contribution in [0.4, 0.5) is 5.69 Å². The molecule has 0 aliphatic carbocycles. The zero-order chi connectivity index (χ0) is 15.0. The molecule has 0 heterocycles. The van der Waals surface area contributed by atoms with E-state index in [4.69, 9.17) is 0 Å². The Balaban J connectivity index is 2.81. The van der Waals surface area contributed by atoms with Crippen LogP contribution in [0.5, 0.6) is 0 Å². The number of hydrogen-bond acceptors (Lipinski definition) is 2. The number of halogens is 1. The number of ketones is 1. The summed E-state index contributed by atoms with van der Waals surface area (Å²) in [6.07, 6.45) is 4.07. The number of rotatable bonds is 8. The number of nitrogens with one attached hydrogen (secondary N) is 1. The largest absolute Gasteiger partial charge is 0.326 e. The summed E-state index contributed by atoms with van der Waals surface area (Å²) in [5, 5.41) is 3.04. The lowest BCUT2D eigenvalue weighted by molar-refractivity contribution is -0.123. The van der Waals surface area contributed by atoms with E-state index in [9.17, 15) is 9.59 Å². The number of carbonyl (C=O) groups excluding carboxylic acids is 2. The van der Waals surface area contributed by atoms with Gasteiger partial charge in [-0.05, 0) is 36.1 Å². The first kappa shape index (κ1) is 16.9. The summed E-state index contributed by atoms with van der Waals surface area (Å²) in [6.45, 7) is 4.28. The van der Waals surface area contributed by atoms with Crippen molar-refractivity contribution in [1.29, 1.82) is 0 Å². The number of Topliss-reactive ketones (excluding diaryl/α,β-unsaturated/α-hetero) is 1. The molecule has 0 aliphatic rings. The van der Waals surface area contributed by atoms with Gasteiger partial charge in [0.25, 0.3) is 0 Å². The van der Waals surface area contributed by atoms with Gasteiger partial charge in [-0.25, -0.2) is 0 Å². The van der Waals surface area contributed by atoms with Crippen LogP contribution in [0.1, 0.15) is 44.2 Å². The van der Waals surface area contributed by atoms with Crippen molar-refractivity contribution in [3.05, 3.63) is 29.3 Å². The fraction of sp³-hybridized carbons (Fsp3) is 0.500. The second-order valence-electron chi connectivity index (χ2n) is 4.94. The van der Waals surface area contributed by atoms with Crippen LogP contribution in [0, 0.1) is 0 Å². The van der Waals surface area contributed by atoms with Gasteiger partial charge < -0.3 is 5.32 Å². The summed E-state index contributed by atoms with van der Waals surface area (Å²) >= 11 is 3.06. The first-order valence-electron chi connectivity index (χ1n) is 7.09. The van der Waals surface area contributed by atoms with Gasteiger partial charge in [0.2, 0.25) is 5.91 Å². The Morgan fingerprint density at radius 1 is 1.05 bits per heavy atom. The predicted octanol–water partition coefficient (Wildman–Crippen LogP) is 3.88. The summed E-state index contributed by atoms with van der Waals surface area (Å²) in [4.78, 5) is 23.0. The molecule has 0 aromatic heterocycles. The summed E-state index contributed by atoms with van der Waals surface area (Å²) in [5.41, 5.74) is 3.27. The molecule has 0 aliphatic heterocycles. The Labute approximate surface area is 129 Å². The molecule has 0 saturated carbocycles. The highest BCUT2D eigenvalue weighted by atomic mass is 79.9. The standard InChI is InChI=1S/C16H22BrNO2/c1-3-5-12-7-13(6-4-2)9-14(8-12)18-16(20)10-15(19)11-17/h7-9H,3-6,10-11H2,1-2H3,(H,18,20). The maximum absolute atomic E-state index is 11.8. The van der Waals surface area contributed by atoms with Gasteiger partial charge in [0, 0.05) is 5.69 Å². The fourth-order valence-corrected chi connectivity index (χ4v) is 2.33. The minimum Gasteiger partial charge on any atom is -0.326 e. The first-order valence-corrected chi connectivity index (χ1v) is 8.21. The van der Waals surface area contributed by atoms with Crippen molar-refractivity contribution < 1.29 is 9.59 Å². The number of carbonyl (C=O) groups is 2. The van der Waals surface area contributed by atoms with Gasteiger partial charge >= 0.3 is 0 Å². The summed E-state index contributed by atoms with van der Waals surface area (Å²) in [7, 11) is 0. The van der Waals surface area contributed by atoms with Crippen molar-refractivity contribution in [2.24, 2.45) is 0 Å². The van der Waals surface area contributed by atoms with E-state index in [-0.39, 0.29) is 23.4 Å². The van der Waals surface area contributed by atoms with Crippen LogP contribution < -0.4 is 5.32 Å². The molecule has 0 saturated heterocycles. The number of aryl methyl sites for hydroxylation is 2. The third-order valence-electron chi connectivity index (χ3n) is 2.92. The molecule has 3 nitrogen and oxygen atoms in total. The van der Waals surface area contributed by atoms with Crippen LogP contribution in [0.3, 0.4) is 0 Å². The quantitative estimate of drug-likeness (QED) is 0.577. The molecule has 1 amide bonds. The molecule has 1 rings (SSSR count). The number of benzene rings is 1. The highest BCUT2D eigenvalue weighted by Crippen LogP contribution is 2.18. The van der Waals surface area contributed by atoms with Gasteiger partial charge in [-0.1, -0.05) is 48.7 Å². The van der Waals surface area contributed by atoms with E-state index in [1.807, 2.05) is 12.1 Å². The molecular formula is C16H22BrNO2. The molecule has 0 radical (unpaired) electrons. The Kier molecular flexibility index (Phi) is 7.52. The number of alkyl halides is 1. The topological polar surface area (TPSA) is 46.2 Å². The van der Waals surface area contributed by atoms with Crippen LogP contribution >= 0.6 is 15.9 Å². The maximum Gasteiger partial charge on any atom is 0.231 e. The SMILES string of the molecule is CCCc1cc(CCC)cc(NC(=O)CC(=O)CBr)c1. The molecular weight excluding hydrogens is 318 g/mol. The molecule has 1 aromatic carbocycles. The van der Waals surface area contributed by atoms with E-state index < -0.39 is 0 Å². The van der Waals surface area contributed by atoms with E-state index in [0.29, 0.717) is 0 Å². The number of anilines is 1. The van der Waals surface area contributed by atoms with E-state index in [2.05, 4.69) is 41.2 Å². The van der Waals surface area contributed by atoms with Crippen molar-refractivity contribution in [3.63, 3.8) is 0 Å². The number of amides is 1. The third-order valence-corrected chi connectivity index (χ3v) is 3.55. The first-order chi connectivity index (χ1) is 9.58. The average molecular weight is 340 g/mol. The minimum absolute atomic E-state index is 0.0770. The molecule has 0 unspecified atom stereocenters. The van der Waals surface area contributed by atoms with E-state index in [1.54, 1.807) is 0 Å². The van der Waals surface area contributed by atoms with Crippen molar-refractivity contribution in [1.82, 2.24) is 0 Å². The van der Waals surface area contributed by atoms with Crippen molar-refractivity contribution >= 4 is 33.3 Å². The molecule has 0 fully saturated rings. The van der Waals surface area contributed by atoms with Gasteiger partial charge in [0.1, 0.15) is 0 Å². The second-order valence-corrected chi connectivity index (χ2v) is 5.50. The van der Waals surface area contributed by atoms with Gasteiger partial charge in [0.15, 0.2) is 5.78 Å². The Bertz CT molecular complexity index is 447. The molecule has 1 aromatic rings. The van der Waals surface area contributed by atoms with Gasteiger partial charge in [-0.2, -0.15) is 0 Å². The summed E-state index contributed by atoms with van der Waals surface area (Å²) in [6, 6.07) is 6.20. The molecule has 0 atom stereocenters. The Hall–Kier alpha value is -1.16. The fourth-order valence-electron chi connectivity index (χ4n) is 2.13. The molecule has 4 heteroatoms. The lowest BCUT2D eigenvalue weighted by atomic mass is 10.0. The van der Waals surface area contributed by atoms with E-state index in [1.165, 1.54) is 11.1 Å². The molecule has 110 valence electrons. The normalized spacial score (nSPS) is 10.3. The van der Waals surface area contributed by atoms with Gasteiger partial charge in [-0.15, -0.1) is 0 Å². The summed E-state index contributed by atoms with van der Waals surface area (Å²) < 4.78 is 0. The van der Waals surface area contributed by atoms with Crippen LogP contribution in [-0.4, -0.2) is 17.0 Å². The van der Waals surface area contributed by atoms with Crippen LogP contribution in [0.25, 0.3) is 0 Å². The molecule has 20 heavy (non-hydrogen) atoms. The van der Waals surface area contributed by atoms with E-state index in [0.717, 1.165) is 31.4 Å². The average Bonchev–Trinajstić information content (AvgIpc) is 2.38. The molecule has 0 spiro atoms. The lowest BCUT2D eigenvalue weighted by Crippen LogP contribution is -2.17. The Morgan fingerprint density at radius 2 is 1.60 bits per heavy atom. The highest BCUT2D eigenvalue weighted by molar-refractivity contribution is 9.09. The van der Waals surface area contributed by atoms with Crippen molar-refractivity contribution in [2.75, 3.05) is 10.6 Å². The van der Waals surface area contributed by atoms with Crippen molar-refractivity contribution in [3.8, 4) is 0 Å². The van der Waals surface area contributed by atoms with Crippen LogP contribution in [-0.2, 0) is 22.4 Å². The van der Waals surface area contributed by atoms with Crippen molar-refractivity contribution in [2.45, 2.75) is 46.0 Å². The van der Waals surface area contributed by atoms with E-state index >= 15 is 0 Å². The predicted molar refractivity (Wildman–Crippen MR) is 86.5 cm³/mol. The zero-order valence-corrected chi connectivity index (χ0v) is 13.8. The minimum atomic E-state index is -0.245. The zero-order valence-electron chi connectivity index (χ0n) is 12.2. The lowest BCUT2D eigenvalue weighted by Gasteiger charge is -2.10. The Morgan fingerprint density at radius 3 is 2.05 bits per heavy atom. The molecule has 1 N–H and O–H groups in total. The van der Waals surface area contributed by atoms with Crippen LogP contribution in [0.15, 0.2) is 18.2 Å². The number of hydrogen-bond donors (Lipinski definition) is 1. The smallest absolute Gasteiger partial charge is 0.231 e. The van der Waals surface area contributed by atoms with Crippen LogP contribution in [0.2, 0.25) is 0 Å². The highest BCUT2D eigenvalue weighted by Gasteiger charge is 2.09. The monoisotopic (exact) mass is 339 g/mol. The van der Waals surface area contributed by atoms with Gasteiger partial charge in [0.05, 0.1) is 11.8 Å². The summed E-state index contributed by atoms with van der Waals surface area (Å²) in [5.74, 6) is -0.355. The molecule has 0 bridgehead atoms.